The molecule has 0 aromatic heterocycles. The fraction of sp³-hybridized carbons (Fsp3) is 0.533. The van der Waals surface area contributed by atoms with Crippen LogP contribution in [0.3, 0.4) is 0 Å². The maximum Gasteiger partial charge on any atom is 0.236 e. The van der Waals surface area contributed by atoms with Crippen LogP contribution >= 0.6 is 23.2 Å². The Morgan fingerprint density at radius 2 is 1.95 bits per heavy atom. The quantitative estimate of drug-likeness (QED) is 0.468. The SMILES string of the molecule is CC(C)(C)C[C@@H]1C[C@H](C(=O)NCCN2CCOCC2)[C@H](c2cccc(Cl)c2F)[C@@]12C(=O)Nc1cc(Cl)ccc12. The summed E-state index contributed by atoms with van der Waals surface area (Å²) in [6, 6.07) is 10.2. The zero-order valence-corrected chi connectivity index (χ0v) is 24.2. The minimum absolute atomic E-state index is 0.0249. The summed E-state index contributed by atoms with van der Waals surface area (Å²) < 4.78 is 21.2. The van der Waals surface area contributed by atoms with E-state index in [1.807, 2.05) is 6.07 Å². The Kier molecular flexibility index (Phi) is 7.99. The molecule has 3 aliphatic rings. The van der Waals surface area contributed by atoms with E-state index in [1.54, 1.807) is 24.3 Å². The number of halogens is 3. The lowest BCUT2D eigenvalue weighted by Crippen LogP contribution is -2.46. The molecule has 39 heavy (non-hydrogen) atoms. The van der Waals surface area contributed by atoms with Crippen molar-refractivity contribution in [2.45, 2.75) is 44.9 Å². The lowest BCUT2D eigenvalue weighted by molar-refractivity contribution is -0.126. The number of anilines is 1. The number of fused-ring (bicyclic) bond motifs is 2. The molecule has 1 aliphatic carbocycles. The van der Waals surface area contributed by atoms with Gasteiger partial charge in [0.25, 0.3) is 0 Å². The fourth-order valence-corrected chi connectivity index (χ4v) is 7.35. The highest BCUT2D eigenvalue weighted by Gasteiger charge is 2.65. The highest BCUT2D eigenvalue weighted by atomic mass is 35.5. The Hall–Kier alpha value is -2.19. The largest absolute Gasteiger partial charge is 0.379 e. The van der Waals surface area contributed by atoms with Crippen molar-refractivity contribution in [1.29, 1.82) is 0 Å². The Morgan fingerprint density at radius 1 is 1.21 bits per heavy atom. The van der Waals surface area contributed by atoms with Crippen LogP contribution in [0.25, 0.3) is 0 Å². The van der Waals surface area contributed by atoms with Gasteiger partial charge in [-0.25, -0.2) is 4.39 Å². The topological polar surface area (TPSA) is 70.7 Å². The van der Waals surface area contributed by atoms with Crippen LogP contribution in [0.4, 0.5) is 10.1 Å². The lowest BCUT2D eigenvalue weighted by Gasteiger charge is -2.39. The van der Waals surface area contributed by atoms with E-state index in [9.17, 15) is 9.59 Å². The maximum atomic E-state index is 15.8. The number of ether oxygens (including phenoxy) is 1. The van der Waals surface area contributed by atoms with Crippen molar-refractivity contribution in [3.05, 3.63) is 63.4 Å². The van der Waals surface area contributed by atoms with Gasteiger partial charge < -0.3 is 15.4 Å². The van der Waals surface area contributed by atoms with Crippen molar-refractivity contribution in [3.8, 4) is 0 Å². The molecule has 5 rings (SSSR count). The van der Waals surface area contributed by atoms with Gasteiger partial charge in [0.2, 0.25) is 11.8 Å². The van der Waals surface area contributed by atoms with E-state index in [2.05, 4.69) is 36.3 Å². The van der Waals surface area contributed by atoms with Gasteiger partial charge in [0.15, 0.2) is 0 Å². The van der Waals surface area contributed by atoms with Gasteiger partial charge in [-0.1, -0.05) is 62.2 Å². The van der Waals surface area contributed by atoms with Gasteiger partial charge in [0.05, 0.1) is 23.7 Å². The molecule has 2 heterocycles. The van der Waals surface area contributed by atoms with Gasteiger partial charge in [-0.2, -0.15) is 0 Å². The van der Waals surface area contributed by atoms with Gasteiger partial charge in [-0.3, -0.25) is 14.5 Å². The highest BCUT2D eigenvalue weighted by molar-refractivity contribution is 6.31. The van der Waals surface area contributed by atoms with Crippen LogP contribution < -0.4 is 10.6 Å². The molecular weight excluding hydrogens is 540 g/mol. The Balaban J connectivity index is 1.59. The summed E-state index contributed by atoms with van der Waals surface area (Å²) in [6.45, 7) is 10.6. The van der Waals surface area contributed by atoms with Crippen LogP contribution in [0.15, 0.2) is 36.4 Å². The molecule has 0 radical (unpaired) electrons. The van der Waals surface area contributed by atoms with Crippen LogP contribution in [-0.4, -0.2) is 56.1 Å². The molecular formula is C30H36Cl2FN3O3. The Bertz CT molecular complexity index is 1260. The van der Waals surface area contributed by atoms with E-state index in [4.69, 9.17) is 27.9 Å². The number of hydrogen-bond donors (Lipinski definition) is 2. The standard InChI is InChI=1S/C30H36Cl2FN3O3/c1-29(2,3)17-18-15-21(27(37)34-9-10-36-11-13-39-14-12-36)25(20-5-4-6-23(32)26(20)33)30(18)22-8-7-19(31)16-24(22)35-28(30)38/h4-8,16,18,21,25H,9-15,17H2,1-3H3,(H,34,37)(H,35,38)/t18-,21-,25-,30+/m0/s1. The molecule has 2 aromatic carbocycles. The third kappa shape index (κ3) is 5.31. The van der Waals surface area contributed by atoms with E-state index in [0.29, 0.717) is 55.4 Å². The third-order valence-corrected chi connectivity index (χ3v) is 9.00. The molecule has 2 fully saturated rings. The summed E-state index contributed by atoms with van der Waals surface area (Å²) in [6.07, 6.45) is 1.13. The Morgan fingerprint density at radius 3 is 2.67 bits per heavy atom. The van der Waals surface area contributed by atoms with Crippen molar-refractivity contribution in [2.75, 3.05) is 44.7 Å². The van der Waals surface area contributed by atoms with Crippen LogP contribution in [0.2, 0.25) is 10.0 Å². The minimum Gasteiger partial charge on any atom is -0.379 e. The van der Waals surface area contributed by atoms with Crippen molar-refractivity contribution >= 4 is 40.7 Å². The predicted octanol–water partition coefficient (Wildman–Crippen LogP) is 5.63. The first-order chi connectivity index (χ1) is 18.5. The van der Waals surface area contributed by atoms with E-state index in [0.717, 1.165) is 18.7 Å². The number of morpholine rings is 1. The number of rotatable bonds is 6. The molecule has 2 amide bonds. The number of nitrogens with zero attached hydrogens (tertiary/aromatic N) is 1. The first-order valence-electron chi connectivity index (χ1n) is 13.7. The number of nitrogens with one attached hydrogen (secondary N) is 2. The third-order valence-electron chi connectivity index (χ3n) is 8.47. The summed E-state index contributed by atoms with van der Waals surface area (Å²) >= 11 is 12.6. The first-order valence-corrected chi connectivity index (χ1v) is 14.4. The van der Waals surface area contributed by atoms with E-state index < -0.39 is 23.1 Å². The number of benzene rings is 2. The molecule has 6 nitrogen and oxygen atoms in total. The average molecular weight is 577 g/mol. The first kappa shape index (κ1) is 28.3. The van der Waals surface area contributed by atoms with E-state index in [1.165, 1.54) is 6.07 Å². The highest BCUT2D eigenvalue weighted by Crippen LogP contribution is 2.64. The maximum absolute atomic E-state index is 15.8. The van der Waals surface area contributed by atoms with Gasteiger partial charge >= 0.3 is 0 Å². The summed E-state index contributed by atoms with van der Waals surface area (Å²) in [5.41, 5.74) is 0.397. The summed E-state index contributed by atoms with van der Waals surface area (Å²) in [5.74, 6) is -2.54. The van der Waals surface area contributed by atoms with Crippen LogP contribution in [-0.2, 0) is 19.7 Å². The van der Waals surface area contributed by atoms with Crippen molar-refractivity contribution in [2.24, 2.45) is 17.3 Å². The summed E-state index contributed by atoms with van der Waals surface area (Å²) in [4.78, 5) is 30.4. The minimum atomic E-state index is -1.15. The van der Waals surface area contributed by atoms with E-state index >= 15 is 4.39 Å². The van der Waals surface area contributed by atoms with Gasteiger partial charge in [-0.05, 0) is 53.5 Å². The average Bonchev–Trinajstić information content (AvgIpc) is 3.35. The second-order valence-corrected chi connectivity index (χ2v) is 13.0. The summed E-state index contributed by atoms with van der Waals surface area (Å²) in [7, 11) is 0. The monoisotopic (exact) mass is 575 g/mol. The molecule has 2 aliphatic heterocycles. The lowest BCUT2D eigenvalue weighted by atomic mass is 9.62. The molecule has 4 atom stereocenters. The molecule has 1 saturated heterocycles. The van der Waals surface area contributed by atoms with E-state index in [-0.39, 0.29) is 28.2 Å². The summed E-state index contributed by atoms with van der Waals surface area (Å²) in [5, 5.41) is 6.63. The molecule has 0 unspecified atom stereocenters. The zero-order valence-electron chi connectivity index (χ0n) is 22.7. The van der Waals surface area contributed by atoms with Crippen molar-refractivity contribution in [1.82, 2.24) is 10.2 Å². The molecule has 9 heteroatoms. The fourth-order valence-electron chi connectivity index (χ4n) is 7.00. The Labute approximate surface area is 239 Å². The second-order valence-electron chi connectivity index (χ2n) is 12.2. The molecule has 2 aromatic rings. The van der Waals surface area contributed by atoms with Crippen molar-refractivity contribution < 1.29 is 18.7 Å². The molecule has 0 bridgehead atoms. The molecule has 2 N–H and O–H groups in total. The smallest absolute Gasteiger partial charge is 0.236 e. The number of hydrogen-bond acceptors (Lipinski definition) is 4. The van der Waals surface area contributed by atoms with Crippen LogP contribution in [0, 0.1) is 23.1 Å². The molecule has 1 saturated carbocycles. The van der Waals surface area contributed by atoms with Crippen LogP contribution in [0.5, 0.6) is 0 Å². The predicted molar refractivity (Wildman–Crippen MR) is 152 cm³/mol. The van der Waals surface area contributed by atoms with Gasteiger partial charge in [-0.15, -0.1) is 0 Å². The molecule has 210 valence electrons. The molecule has 1 spiro atoms. The number of carbonyl (C=O) groups is 2. The number of carbonyl (C=O) groups excluding carboxylic acids is 2. The van der Waals surface area contributed by atoms with Gasteiger partial charge in [0.1, 0.15) is 5.82 Å². The normalized spacial score (nSPS) is 27.0. The van der Waals surface area contributed by atoms with Gasteiger partial charge in [0, 0.05) is 48.7 Å². The van der Waals surface area contributed by atoms with Crippen molar-refractivity contribution in [3.63, 3.8) is 0 Å². The number of amides is 2. The van der Waals surface area contributed by atoms with Crippen LogP contribution in [0.1, 0.15) is 50.7 Å². The second kappa shape index (κ2) is 11.0. The zero-order chi connectivity index (χ0) is 27.9.